The first-order valence-corrected chi connectivity index (χ1v) is 3.17. The van der Waals surface area contributed by atoms with Crippen LogP contribution in [-0.2, 0) is 4.79 Å². The molecule has 0 amide bonds. The van der Waals surface area contributed by atoms with Crippen LogP contribution in [0.15, 0.2) is 0 Å². The lowest BCUT2D eigenvalue weighted by Crippen LogP contribution is -2.21. The zero-order valence-corrected chi connectivity index (χ0v) is 5.43. The standard InChI is InChI=1S/C6H13NO2/c7-5-3-1-2-4-6(8)9/h1-5,7H2,(H,8,9)/p-1. The molecule has 0 aromatic rings. The van der Waals surface area contributed by atoms with E-state index in [4.69, 9.17) is 5.73 Å². The van der Waals surface area contributed by atoms with Gasteiger partial charge in [0.15, 0.2) is 0 Å². The van der Waals surface area contributed by atoms with Crippen LogP contribution in [0, 0.1) is 0 Å². The molecule has 0 aromatic carbocycles. The van der Waals surface area contributed by atoms with Crippen LogP contribution in [0.2, 0.25) is 0 Å². The fourth-order valence-electron chi connectivity index (χ4n) is 0.590. The summed E-state index contributed by atoms with van der Waals surface area (Å²) < 4.78 is 0. The summed E-state index contributed by atoms with van der Waals surface area (Å²) in [4.78, 5) is 9.82. The molecule has 0 aliphatic heterocycles. The van der Waals surface area contributed by atoms with Crippen molar-refractivity contribution in [1.82, 2.24) is 0 Å². The number of hydrogen-bond donors (Lipinski definition) is 1. The van der Waals surface area contributed by atoms with Crippen molar-refractivity contribution in [3.05, 3.63) is 0 Å². The second kappa shape index (κ2) is 5.56. The Labute approximate surface area is 54.9 Å². The van der Waals surface area contributed by atoms with E-state index in [9.17, 15) is 9.90 Å². The van der Waals surface area contributed by atoms with Crippen LogP contribution in [0.1, 0.15) is 25.7 Å². The molecule has 0 atom stereocenters. The van der Waals surface area contributed by atoms with Crippen LogP contribution in [0.25, 0.3) is 0 Å². The van der Waals surface area contributed by atoms with Gasteiger partial charge in [-0.2, -0.15) is 0 Å². The summed E-state index contributed by atoms with van der Waals surface area (Å²) in [7, 11) is 0. The van der Waals surface area contributed by atoms with Gasteiger partial charge in [0.1, 0.15) is 0 Å². The molecular weight excluding hydrogens is 118 g/mol. The van der Waals surface area contributed by atoms with Gasteiger partial charge in [0.25, 0.3) is 0 Å². The first-order chi connectivity index (χ1) is 4.27. The van der Waals surface area contributed by atoms with E-state index in [1.807, 2.05) is 0 Å². The number of carbonyl (C=O) groups excluding carboxylic acids is 1. The van der Waals surface area contributed by atoms with Gasteiger partial charge in [0.2, 0.25) is 0 Å². The Morgan fingerprint density at radius 2 is 2.00 bits per heavy atom. The minimum absolute atomic E-state index is 0.167. The summed E-state index contributed by atoms with van der Waals surface area (Å²) in [5.74, 6) is -0.966. The first kappa shape index (κ1) is 8.43. The molecular formula is C6H12NO2-. The third-order valence-electron chi connectivity index (χ3n) is 1.09. The van der Waals surface area contributed by atoms with Crippen LogP contribution in [-0.4, -0.2) is 12.5 Å². The largest absolute Gasteiger partial charge is 0.550 e. The summed E-state index contributed by atoms with van der Waals surface area (Å²) in [5.41, 5.74) is 5.18. The Morgan fingerprint density at radius 1 is 1.33 bits per heavy atom. The maximum atomic E-state index is 9.82. The van der Waals surface area contributed by atoms with Gasteiger partial charge >= 0.3 is 0 Å². The van der Waals surface area contributed by atoms with Gasteiger partial charge in [-0.25, -0.2) is 0 Å². The van der Waals surface area contributed by atoms with Crippen molar-refractivity contribution in [2.75, 3.05) is 6.54 Å². The SMILES string of the molecule is NCCCCCC(=O)[O-]. The van der Waals surface area contributed by atoms with Crippen LogP contribution in [0.5, 0.6) is 0 Å². The molecule has 0 fully saturated rings. The average Bonchev–Trinajstić information content (AvgIpc) is 1.80. The molecule has 54 valence electrons. The molecule has 3 nitrogen and oxygen atoms in total. The first-order valence-electron chi connectivity index (χ1n) is 3.17. The fraction of sp³-hybridized carbons (Fsp3) is 0.833. The fourth-order valence-corrected chi connectivity index (χ4v) is 0.590. The van der Waals surface area contributed by atoms with Gasteiger partial charge < -0.3 is 15.6 Å². The van der Waals surface area contributed by atoms with E-state index in [1.165, 1.54) is 0 Å². The molecule has 0 radical (unpaired) electrons. The Morgan fingerprint density at radius 3 is 2.44 bits per heavy atom. The van der Waals surface area contributed by atoms with Crippen molar-refractivity contribution in [3.63, 3.8) is 0 Å². The lowest BCUT2D eigenvalue weighted by Gasteiger charge is -1.99. The highest BCUT2D eigenvalue weighted by molar-refractivity contribution is 5.63. The topological polar surface area (TPSA) is 66.2 Å². The van der Waals surface area contributed by atoms with Gasteiger partial charge in [0.05, 0.1) is 0 Å². The normalized spacial score (nSPS) is 9.44. The lowest BCUT2D eigenvalue weighted by atomic mass is 10.2. The summed E-state index contributed by atoms with van der Waals surface area (Å²) in [6, 6.07) is 0. The summed E-state index contributed by atoms with van der Waals surface area (Å²) in [6.45, 7) is 0.646. The summed E-state index contributed by atoms with van der Waals surface area (Å²) in [6.07, 6.45) is 2.66. The highest BCUT2D eigenvalue weighted by Gasteiger charge is 1.86. The highest BCUT2D eigenvalue weighted by Crippen LogP contribution is 1.96. The molecule has 0 aliphatic carbocycles. The second-order valence-corrected chi connectivity index (χ2v) is 1.97. The van der Waals surface area contributed by atoms with E-state index >= 15 is 0 Å². The molecule has 9 heavy (non-hydrogen) atoms. The number of carboxylic acids is 1. The Balaban J connectivity index is 2.83. The van der Waals surface area contributed by atoms with Crippen molar-refractivity contribution >= 4 is 5.97 Å². The molecule has 0 saturated heterocycles. The van der Waals surface area contributed by atoms with Crippen molar-refractivity contribution in [2.45, 2.75) is 25.7 Å². The smallest absolute Gasteiger partial charge is 0.0414 e. The van der Waals surface area contributed by atoms with Crippen LogP contribution in [0.3, 0.4) is 0 Å². The zero-order chi connectivity index (χ0) is 7.11. The molecule has 0 heterocycles. The van der Waals surface area contributed by atoms with Crippen LogP contribution in [0.4, 0.5) is 0 Å². The number of nitrogens with two attached hydrogens (primary N) is 1. The van der Waals surface area contributed by atoms with E-state index < -0.39 is 5.97 Å². The monoisotopic (exact) mass is 130 g/mol. The van der Waals surface area contributed by atoms with E-state index in [2.05, 4.69) is 0 Å². The van der Waals surface area contributed by atoms with Crippen LogP contribution < -0.4 is 10.8 Å². The van der Waals surface area contributed by atoms with Gasteiger partial charge in [-0.15, -0.1) is 0 Å². The molecule has 0 aliphatic rings. The Kier molecular flexibility index (Phi) is 5.21. The molecule has 0 saturated carbocycles. The third kappa shape index (κ3) is 7.43. The van der Waals surface area contributed by atoms with E-state index in [-0.39, 0.29) is 6.42 Å². The van der Waals surface area contributed by atoms with Gasteiger partial charge in [-0.05, 0) is 25.8 Å². The van der Waals surface area contributed by atoms with Gasteiger partial charge in [0, 0.05) is 5.97 Å². The third-order valence-corrected chi connectivity index (χ3v) is 1.09. The zero-order valence-electron chi connectivity index (χ0n) is 5.43. The van der Waals surface area contributed by atoms with E-state index in [1.54, 1.807) is 0 Å². The quantitative estimate of drug-likeness (QED) is 0.498. The van der Waals surface area contributed by atoms with E-state index in [0.717, 1.165) is 12.8 Å². The second-order valence-electron chi connectivity index (χ2n) is 1.97. The highest BCUT2D eigenvalue weighted by atomic mass is 16.4. The molecule has 0 bridgehead atoms. The molecule has 0 rings (SSSR count). The van der Waals surface area contributed by atoms with Gasteiger partial charge in [-0.1, -0.05) is 6.42 Å². The molecule has 0 aromatic heterocycles. The summed E-state index contributed by atoms with van der Waals surface area (Å²) >= 11 is 0. The number of unbranched alkanes of at least 4 members (excludes halogenated alkanes) is 2. The predicted molar refractivity (Wildman–Crippen MR) is 32.5 cm³/mol. The summed E-state index contributed by atoms with van der Waals surface area (Å²) in [5, 5.41) is 9.82. The minimum Gasteiger partial charge on any atom is -0.550 e. The molecule has 3 heteroatoms. The average molecular weight is 130 g/mol. The molecule has 2 N–H and O–H groups in total. The number of hydrogen-bond acceptors (Lipinski definition) is 3. The van der Waals surface area contributed by atoms with Crippen molar-refractivity contribution in [2.24, 2.45) is 5.73 Å². The number of carboxylic acid groups (broad SMARTS) is 1. The number of carbonyl (C=O) groups is 1. The van der Waals surface area contributed by atoms with Crippen molar-refractivity contribution in [1.29, 1.82) is 0 Å². The Hall–Kier alpha value is -0.570. The predicted octanol–water partition coefficient (Wildman–Crippen LogP) is -0.745. The Bertz CT molecular complexity index is 83.1. The molecule has 0 spiro atoms. The van der Waals surface area contributed by atoms with Gasteiger partial charge in [-0.3, -0.25) is 0 Å². The van der Waals surface area contributed by atoms with Crippen molar-refractivity contribution in [3.8, 4) is 0 Å². The number of rotatable bonds is 5. The van der Waals surface area contributed by atoms with Crippen LogP contribution >= 0.6 is 0 Å². The maximum absolute atomic E-state index is 9.82. The molecule has 0 unspecified atom stereocenters. The van der Waals surface area contributed by atoms with Crippen molar-refractivity contribution < 1.29 is 9.90 Å². The maximum Gasteiger partial charge on any atom is 0.0414 e. The van der Waals surface area contributed by atoms with E-state index in [0.29, 0.717) is 13.0 Å². The number of aliphatic carboxylic acids is 1. The lowest BCUT2D eigenvalue weighted by molar-refractivity contribution is -0.305. The minimum atomic E-state index is -0.966.